The van der Waals surface area contributed by atoms with Gasteiger partial charge in [-0.05, 0) is 31.5 Å². The average molecular weight is 313 g/mol. The molecule has 1 aromatic rings. The minimum Gasteiger partial charge on any atom is -0.469 e. The zero-order valence-electron chi connectivity index (χ0n) is 10.4. The molecule has 0 saturated heterocycles. The molecule has 102 valence electrons. The van der Waals surface area contributed by atoms with Crippen LogP contribution in [0.15, 0.2) is 18.2 Å². The molecule has 0 aliphatic rings. The number of nitrogens with two attached hydrogens (primary N) is 1. The van der Waals surface area contributed by atoms with Crippen molar-refractivity contribution in [2.75, 3.05) is 7.11 Å². The molecule has 0 fully saturated rings. The molecule has 0 heterocycles. The molecule has 0 aromatic heterocycles. The van der Waals surface area contributed by atoms with E-state index in [1.54, 1.807) is 32.0 Å². The van der Waals surface area contributed by atoms with E-state index in [0.717, 1.165) is 0 Å². The number of hydrogen-bond donors (Lipinski definition) is 1. The summed E-state index contributed by atoms with van der Waals surface area (Å²) in [6.45, 7) is 3.43. The molecule has 1 rings (SSSR count). The second-order valence-electron chi connectivity index (χ2n) is 4.36. The number of carbonyl (C=O) groups excluding carboxylic acids is 1. The Kier molecular flexibility index (Phi) is 6.44. The fraction of sp³-hybridized carbons (Fsp3) is 0.417. The smallest absolute Gasteiger partial charge is 0.313 e. The molecule has 1 atom stereocenters. The van der Waals surface area contributed by atoms with Gasteiger partial charge in [-0.25, -0.2) is 0 Å². The SMILES string of the molecule is COC(=O)C(C)(C)[C@@H](N)c1ccc(Cl)cc1Cl.Cl. The molecule has 0 radical (unpaired) electrons. The monoisotopic (exact) mass is 311 g/mol. The molecule has 2 N–H and O–H groups in total. The maximum atomic E-state index is 11.7. The summed E-state index contributed by atoms with van der Waals surface area (Å²) in [7, 11) is 1.33. The average Bonchev–Trinajstić information content (AvgIpc) is 2.27. The van der Waals surface area contributed by atoms with Crippen molar-refractivity contribution in [3.05, 3.63) is 33.8 Å². The van der Waals surface area contributed by atoms with Gasteiger partial charge < -0.3 is 10.5 Å². The van der Waals surface area contributed by atoms with Crippen molar-refractivity contribution in [1.29, 1.82) is 0 Å². The number of rotatable bonds is 3. The third-order valence-corrected chi connectivity index (χ3v) is 3.35. The van der Waals surface area contributed by atoms with Gasteiger partial charge in [0.05, 0.1) is 12.5 Å². The van der Waals surface area contributed by atoms with Gasteiger partial charge in [0.1, 0.15) is 0 Å². The van der Waals surface area contributed by atoms with E-state index in [9.17, 15) is 4.79 Å². The first kappa shape index (κ1) is 17.5. The first-order valence-electron chi connectivity index (χ1n) is 5.09. The molecule has 18 heavy (non-hydrogen) atoms. The van der Waals surface area contributed by atoms with Crippen molar-refractivity contribution in [1.82, 2.24) is 0 Å². The lowest BCUT2D eigenvalue weighted by Gasteiger charge is -2.29. The van der Waals surface area contributed by atoms with Gasteiger partial charge in [-0.1, -0.05) is 29.3 Å². The minimum absolute atomic E-state index is 0. The number of benzene rings is 1. The van der Waals surface area contributed by atoms with Crippen molar-refractivity contribution in [2.24, 2.45) is 11.1 Å². The van der Waals surface area contributed by atoms with Crippen LogP contribution in [0.5, 0.6) is 0 Å². The van der Waals surface area contributed by atoms with E-state index in [2.05, 4.69) is 0 Å². The number of carbonyl (C=O) groups is 1. The zero-order valence-corrected chi connectivity index (χ0v) is 12.7. The van der Waals surface area contributed by atoms with Crippen LogP contribution in [0.25, 0.3) is 0 Å². The third kappa shape index (κ3) is 3.51. The van der Waals surface area contributed by atoms with E-state index >= 15 is 0 Å². The van der Waals surface area contributed by atoms with Crippen LogP contribution in [-0.4, -0.2) is 13.1 Å². The molecule has 0 saturated carbocycles. The second-order valence-corrected chi connectivity index (χ2v) is 5.20. The van der Waals surface area contributed by atoms with E-state index in [4.69, 9.17) is 33.7 Å². The van der Waals surface area contributed by atoms with Crippen molar-refractivity contribution in [2.45, 2.75) is 19.9 Å². The van der Waals surface area contributed by atoms with Gasteiger partial charge in [0, 0.05) is 16.1 Å². The molecule has 0 spiro atoms. The quantitative estimate of drug-likeness (QED) is 0.867. The Hall–Kier alpha value is -0.480. The van der Waals surface area contributed by atoms with Gasteiger partial charge in [-0.3, -0.25) is 4.79 Å². The summed E-state index contributed by atoms with van der Waals surface area (Å²) in [6.07, 6.45) is 0. The lowest BCUT2D eigenvalue weighted by molar-refractivity contribution is -0.152. The van der Waals surface area contributed by atoms with Crippen LogP contribution in [0, 0.1) is 5.41 Å². The molecule has 6 heteroatoms. The number of methoxy groups -OCH3 is 1. The van der Waals surface area contributed by atoms with Gasteiger partial charge >= 0.3 is 5.97 Å². The Morgan fingerprint density at radius 1 is 1.39 bits per heavy atom. The van der Waals surface area contributed by atoms with E-state index in [1.165, 1.54) is 7.11 Å². The summed E-state index contributed by atoms with van der Waals surface area (Å²) in [5, 5.41) is 0.976. The molecular formula is C12H16Cl3NO2. The largest absolute Gasteiger partial charge is 0.469 e. The lowest BCUT2D eigenvalue weighted by Crippen LogP contribution is -2.37. The number of esters is 1. The van der Waals surface area contributed by atoms with Crippen LogP contribution in [0.2, 0.25) is 10.0 Å². The summed E-state index contributed by atoms with van der Waals surface area (Å²) >= 11 is 11.9. The molecule has 0 bridgehead atoms. The highest BCUT2D eigenvalue weighted by atomic mass is 35.5. The first-order valence-corrected chi connectivity index (χ1v) is 5.85. The normalized spacial score (nSPS) is 12.6. The molecule has 0 unspecified atom stereocenters. The Balaban J connectivity index is 0.00000289. The second kappa shape index (κ2) is 6.62. The van der Waals surface area contributed by atoms with Crippen LogP contribution in [0.3, 0.4) is 0 Å². The summed E-state index contributed by atoms with van der Waals surface area (Å²) in [4.78, 5) is 11.7. The maximum Gasteiger partial charge on any atom is 0.313 e. The van der Waals surface area contributed by atoms with Gasteiger partial charge in [-0.2, -0.15) is 0 Å². The summed E-state index contributed by atoms with van der Waals surface area (Å²) < 4.78 is 4.73. The highest BCUT2D eigenvalue weighted by molar-refractivity contribution is 6.35. The predicted octanol–water partition coefficient (Wildman–Crippen LogP) is 3.61. The van der Waals surface area contributed by atoms with Gasteiger partial charge in [0.25, 0.3) is 0 Å². The first-order chi connectivity index (χ1) is 7.80. The zero-order chi connectivity index (χ0) is 13.2. The summed E-state index contributed by atoms with van der Waals surface area (Å²) in [5.41, 5.74) is 5.89. The number of hydrogen-bond acceptors (Lipinski definition) is 3. The Morgan fingerprint density at radius 3 is 2.39 bits per heavy atom. The fourth-order valence-electron chi connectivity index (χ4n) is 1.53. The predicted molar refractivity (Wildman–Crippen MR) is 76.4 cm³/mol. The van der Waals surface area contributed by atoms with E-state index in [-0.39, 0.29) is 18.4 Å². The Morgan fingerprint density at radius 2 is 1.94 bits per heavy atom. The summed E-state index contributed by atoms with van der Waals surface area (Å²) in [5.74, 6) is -0.379. The molecule has 1 aromatic carbocycles. The molecular weight excluding hydrogens is 296 g/mol. The van der Waals surface area contributed by atoms with Gasteiger partial charge in [0.15, 0.2) is 0 Å². The van der Waals surface area contributed by atoms with Crippen LogP contribution in [-0.2, 0) is 9.53 Å². The third-order valence-electron chi connectivity index (χ3n) is 2.79. The van der Waals surface area contributed by atoms with Crippen LogP contribution in [0.1, 0.15) is 25.5 Å². The number of ether oxygens (including phenoxy) is 1. The topological polar surface area (TPSA) is 52.3 Å². The van der Waals surface area contributed by atoms with Gasteiger partial charge in [-0.15, -0.1) is 12.4 Å². The Bertz CT molecular complexity index is 435. The maximum absolute atomic E-state index is 11.7. The van der Waals surface area contributed by atoms with Crippen LogP contribution < -0.4 is 5.73 Å². The molecule has 3 nitrogen and oxygen atoms in total. The molecule has 0 aliphatic heterocycles. The lowest BCUT2D eigenvalue weighted by atomic mass is 9.81. The van der Waals surface area contributed by atoms with E-state index in [0.29, 0.717) is 15.6 Å². The van der Waals surface area contributed by atoms with Crippen molar-refractivity contribution in [3.63, 3.8) is 0 Å². The standard InChI is InChI=1S/C12H15Cl2NO2.ClH/c1-12(2,11(16)17-3)10(15)8-5-4-7(13)6-9(8)14;/h4-6,10H,15H2,1-3H3;1H/t10-;/m0./s1. The van der Waals surface area contributed by atoms with E-state index < -0.39 is 11.5 Å². The van der Waals surface area contributed by atoms with Crippen molar-refractivity contribution >= 4 is 41.6 Å². The molecule has 0 amide bonds. The van der Waals surface area contributed by atoms with E-state index in [1.807, 2.05) is 0 Å². The number of halogens is 3. The molecule has 0 aliphatic carbocycles. The fourth-order valence-corrected chi connectivity index (χ4v) is 2.06. The highest BCUT2D eigenvalue weighted by Crippen LogP contribution is 2.36. The summed E-state index contributed by atoms with van der Waals surface area (Å²) in [6, 6.07) is 4.46. The van der Waals surface area contributed by atoms with Crippen molar-refractivity contribution < 1.29 is 9.53 Å². The Labute approximate surface area is 123 Å². The van der Waals surface area contributed by atoms with Crippen LogP contribution in [0.4, 0.5) is 0 Å². The van der Waals surface area contributed by atoms with Gasteiger partial charge in [0.2, 0.25) is 0 Å². The van der Waals surface area contributed by atoms with Crippen molar-refractivity contribution in [3.8, 4) is 0 Å². The minimum atomic E-state index is -0.855. The highest BCUT2D eigenvalue weighted by Gasteiger charge is 2.37. The van der Waals surface area contributed by atoms with Crippen LogP contribution >= 0.6 is 35.6 Å².